The average molecular weight is 372 g/mol. The number of hydrogen-bond acceptors (Lipinski definition) is 5. The van der Waals surface area contributed by atoms with Crippen LogP contribution >= 0.6 is 0 Å². The molecule has 0 spiro atoms. The monoisotopic (exact) mass is 372 g/mol. The van der Waals surface area contributed by atoms with Crippen molar-refractivity contribution < 1.29 is 23.9 Å². The van der Waals surface area contributed by atoms with Crippen LogP contribution in [0.1, 0.15) is 54.4 Å². The van der Waals surface area contributed by atoms with Crippen molar-refractivity contribution in [1.82, 2.24) is 10.2 Å². The van der Waals surface area contributed by atoms with Crippen LogP contribution in [0.25, 0.3) is 0 Å². The lowest BCUT2D eigenvalue weighted by molar-refractivity contribution is -0.136. The summed E-state index contributed by atoms with van der Waals surface area (Å²) in [5.74, 6) is -0.121. The number of nitrogens with one attached hydrogen (secondary N) is 1. The second-order valence-electron chi connectivity index (χ2n) is 7.43. The minimum absolute atomic E-state index is 0.0187. The second kappa shape index (κ2) is 7.31. The van der Waals surface area contributed by atoms with Gasteiger partial charge in [0.05, 0.1) is 6.10 Å². The molecule has 1 aromatic carbocycles. The molecular formula is C20H24N2O5. The fourth-order valence-electron chi connectivity index (χ4n) is 4.27. The van der Waals surface area contributed by atoms with Gasteiger partial charge in [-0.3, -0.25) is 19.7 Å². The molecule has 3 atom stereocenters. The SMILES string of the molecule is CO[C@@H]1CCCC[C@H]1Oc1ccc2c(c1)CN(C1CCC(=O)NC1=O)C2=O. The maximum atomic E-state index is 12.7. The Labute approximate surface area is 158 Å². The smallest absolute Gasteiger partial charge is 0.255 e. The lowest BCUT2D eigenvalue weighted by atomic mass is 9.94. The van der Waals surface area contributed by atoms with Gasteiger partial charge in [-0.2, -0.15) is 0 Å². The van der Waals surface area contributed by atoms with E-state index >= 15 is 0 Å². The van der Waals surface area contributed by atoms with Crippen LogP contribution in [0.15, 0.2) is 18.2 Å². The number of ether oxygens (including phenoxy) is 2. The van der Waals surface area contributed by atoms with Crippen molar-refractivity contribution in [3.05, 3.63) is 29.3 Å². The molecule has 0 radical (unpaired) electrons. The van der Waals surface area contributed by atoms with Gasteiger partial charge in [-0.1, -0.05) is 6.42 Å². The first-order valence-electron chi connectivity index (χ1n) is 9.54. The molecule has 27 heavy (non-hydrogen) atoms. The Bertz CT molecular complexity index is 778. The van der Waals surface area contributed by atoms with Crippen molar-refractivity contribution in [3.63, 3.8) is 0 Å². The molecule has 0 bridgehead atoms. The highest BCUT2D eigenvalue weighted by Crippen LogP contribution is 2.32. The van der Waals surface area contributed by atoms with Crippen molar-refractivity contribution in [2.24, 2.45) is 0 Å². The number of fused-ring (bicyclic) bond motifs is 1. The first kappa shape index (κ1) is 18.0. The molecule has 1 N–H and O–H groups in total. The molecule has 1 aliphatic carbocycles. The summed E-state index contributed by atoms with van der Waals surface area (Å²) < 4.78 is 11.7. The third-order valence-electron chi connectivity index (χ3n) is 5.73. The number of amides is 3. The summed E-state index contributed by atoms with van der Waals surface area (Å²) in [7, 11) is 1.71. The number of imide groups is 1. The number of benzene rings is 1. The van der Waals surface area contributed by atoms with E-state index in [0.29, 0.717) is 18.5 Å². The van der Waals surface area contributed by atoms with Crippen molar-refractivity contribution in [2.45, 2.75) is 63.3 Å². The lowest BCUT2D eigenvalue weighted by Crippen LogP contribution is -2.52. The van der Waals surface area contributed by atoms with E-state index in [4.69, 9.17) is 9.47 Å². The number of carbonyl (C=O) groups is 3. The Morgan fingerprint density at radius 3 is 2.59 bits per heavy atom. The standard InChI is InChI=1S/C20H24N2O5/c1-26-16-4-2-3-5-17(16)27-13-6-7-14-12(10-13)11-22(20(14)25)15-8-9-18(23)21-19(15)24/h6-7,10,15-17H,2-5,8-9,11H2,1H3,(H,21,23,24)/t15?,16-,17-/m1/s1. The van der Waals surface area contributed by atoms with E-state index in [1.165, 1.54) is 0 Å². The molecular weight excluding hydrogens is 348 g/mol. The van der Waals surface area contributed by atoms with Crippen LogP contribution < -0.4 is 10.1 Å². The van der Waals surface area contributed by atoms with Gasteiger partial charge >= 0.3 is 0 Å². The van der Waals surface area contributed by atoms with Crippen molar-refractivity contribution in [3.8, 4) is 5.75 Å². The summed E-state index contributed by atoms with van der Waals surface area (Å²) in [5.41, 5.74) is 1.45. The van der Waals surface area contributed by atoms with Crippen molar-refractivity contribution in [2.75, 3.05) is 7.11 Å². The van der Waals surface area contributed by atoms with Crippen LogP contribution in [0.4, 0.5) is 0 Å². The van der Waals surface area contributed by atoms with Crippen molar-refractivity contribution in [1.29, 1.82) is 0 Å². The highest BCUT2D eigenvalue weighted by molar-refractivity contribution is 6.05. The molecule has 1 saturated carbocycles. The molecule has 2 heterocycles. The Morgan fingerprint density at radius 1 is 1.07 bits per heavy atom. The van der Waals surface area contributed by atoms with E-state index in [0.717, 1.165) is 37.0 Å². The zero-order chi connectivity index (χ0) is 19.0. The Balaban J connectivity index is 1.49. The Morgan fingerprint density at radius 2 is 1.85 bits per heavy atom. The zero-order valence-corrected chi connectivity index (χ0v) is 15.4. The van der Waals surface area contributed by atoms with E-state index in [1.807, 2.05) is 12.1 Å². The van der Waals surface area contributed by atoms with Gasteiger partial charge in [0.2, 0.25) is 11.8 Å². The van der Waals surface area contributed by atoms with Gasteiger partial charge in [0.25, 0.3) is 5.91 Å². The average Bonchev–Trinajstić information content (AvgIpc) is 2.98. The molecule has 4 rings (SSSR count). The summed E-state index contributed by atoms with van der Waals surface area (Å²) in [5, 5.41) is 2.32. The third-order valence-corrected chi connectivity index (χ3v) is 5.73. The highest BCUT2D eigenvalue weighted by atomic mass is 16.5. The molecule has 1 saturated heterocycles. The minimum atomic E-state index is -0.594. The molecule has 2 fully saturated rings. The van der Waals surface area contributed by atoms with Crippen LogP contribution in [0, 0.1) is 0 Å². The normalized spacial score (nSPS) is 28.1. The number of methoxy groups -OCH3 is 1. The van der Waals surface area contributed by atoms with E-state index in [2.05, 4.69) is 5.32 Å². The molecule has 7 heteroatoms. The van der Waals surface area contributed by atoms with Crippen LogP contribution in [-0.4, -0.2) is 48.0 Å². The third kappa shape index (κ3) is 3.43. The van der Waals surface area contributed by atoms with E-state index in [9.17, 15) is 14.4 Å². The van der Waals surface area contributed by atoms with Gasteiger partial charge in [-0.15, -0.1) is 0 Å². The fourth-order valence-corrected chi connectivity index (χ4v) is 4.27. The van der Waals surface area contributed by atoms with Gasteiger partial charge in [0.15, 0.2) is 0 Å². The van der Waals surface area contributed by atoms with Gasteiger partial charge in [-0.25, -0.2) is 0 Å². The largest absolute Gasteiger partial charge is 0.488 e. The lowest BCUT2D eigenvalue weighted by Gasteiger charge is -2.30. The molecule has 0 aromatic heterocycles. The predicted molar refractivity (Wildman–Crippen MR) is 96.2 cm³/mol. The van der Waals surface area contributed by atoms with Gasteiger partial charge in [-0.05, 0) is 49.4 Å². The number of piperidine rings is 1. The van der Waals surface area contributed by atoms with Gasteiger partial charge < -0.3 is 14.4 Å². The van der Waals surface area contributed by atoms with E-state index in [1.54, 1.807) is 18.1 Å². The molecule has 3 amide bonds. The fraction of sp³-hybridized carbons (Fsp3) is 0.550. The number of carbonyl (C=O) groups excluding carboxylic acids is 3. The second-order valence-corrected chi connectivity index (χ2v) is 7.43. The molecule has 1 unspecified atom stereocenters. The maximum Gasteiger partial charge on any atom is 0.255 e. The molecule has 144 valence electrons. The van der Waals surface area contributed by atoms with Crippen LogP contribution in [-0.2, 0) is 20.9 Å². The summed E-state index contributed by atoms with van der Waals surface area (Å²) in [6.45, 7) is 0.357. The van der Waals surface area contributed by atoms with Crippen molar-refractivity contribution >= 4 is 17.7 Å². The maximum absolute atomic E-state index is 12.7. The Hall–Kier alpha value is -2.41. The molecule has 3 aliphatic rings. The predicted octanol–water partition coefficient (Wildman–Crippen LogP) is 1.78. The molecule has 2 aliphatic heterocycles. The van der Waals surface area contributed by atoms with E-state index < -0.39 is 11.9 Å². The summed E-state index contributed by atoms with van der Waals surface area (Å²) in [6.07, 6.45) is 4.95. The summed E-state index contributed by atoms with van der Waals surface area (Å²) in [4.78, 5) is 37.8. The van der Waals surface area contributed by atoms with E-state index in [-0.39, 0.29) is 30.4 Å². The quantitative estimate of drug-likeness (QED) is 0.815. The topological polar surface area (TPSA) is 84.9 Å². The summed E-state index contributed by atoms with van der Waals surface area (Å²) in [6, 6.07) is 4.87. The van der Waals surface area contributed by atoms with Crippen LogP contribution in [0.2, 0.25) is 0 Å². The molecule has 7 nitrogen and oxygen atoms in total. The first-order chi connectivity index (χ1) is 13.1. The van der Waals surface area contributed by atoms with Crippen LogP contribution in [0.3, 0.4) is 0 Å². The number of hydrogen-bond donors (Lipinski definition) is 1. The molecule has 1 aromatic rings. The minimum Gasteiger partial charge on any atom is -0.488 e. The van der Waals surface area contributed by atoms with Gasteiger partial charge in [0, 0.05) is 25.6 Å². The zero-order valence-electron chi connectivity index (χ0n) is 15.4. The number of nitrogens with zero attached hydrogens (tertiary/aromatic N) is 1. The highest BCUT2D eigenvalue weighted by Gasteiger charge is 2.39. The van der Waals surface area contributed by atoms with Gasteiger partial charge in [0.1, 0.15) is 17.9 Å². The van der Waals surface area contributed by atoms with Crippen LogP contribution in [0.5, 0.6) is 5.75 Å². The number of rotatable bonds is 4. The first-order valence-corrected chi connectivity index (χ1v) is 9.54. The summed E-state index contributed by atoms with van der Waals surface area (Å²) >= 11 is 0. The Kier molecular flexibility index (Phi) is 4.86.